The standard InChI is InChI=1S/2CH2N2.Cu/c2*2-1-3;/h2*2H2;/q;;+2. The predicted molar refractivity (Wildman–Crippen MR) is 19.6 cm³/mol. The van der Waals surface area contributed by atoms with Crippen molar-refractivity contribution < 1.29 is 17.1 Å². The van der Waals surface area contributed by atoms with E-state index >= 15 is 0 Å². The molecule has 0 aromatic carbocycles. The summed E-state index contributed by atoms with van der Waals surface area (Å²) in [7, 11) is 0. The Kier molecular flexibility index (Phi) is 167. The number of nitrogens with zero attached hydrogens (tertiary/aromatic N) is 2. The number of hydrogen-bond acceptors (Lipinski definition) is 4. The molecule has 4 nitrogen and oxygen atoms in total. The van der Waals surface area contributed by atoms with Crippen LogP contribution < -0.4 is 11.5 Å². The van der Waals surface area contributed by atoms with E-state index in [2.05, 4.69) is 11.5 Å². The fraction of sp³-hybridized carbons (Fsp3) is 0. The van der Waals surface area contributed by atoms with E-state index in [-0.39, 0.29) is 17.1 Å². The molecule has 0 aromatic heterocycles. The van der Waals surface area contributed by atoms with E-state index < -0.39 is 0 Å². The molecule has 0 aromatic rings. The predicted octanol–water partition coefficient (Wildman–Crippen LogP) is -1.15. The van der Waals surface area contributed by atoms with Crippen LogP contribution in [0.1, 0.15) is 0 Å². The monoisotopic (exact) mass is 147 g/mol. The van der Waals surface area contributed by atoms with Gasteiger partial charge in [0, 0.05) is 0 Å². The van der Waals surface area contributed by atoms with E-state index in [1.165, 1.54) is 12.4 Å². The zero-order valence-electron chi connectivity index (χ0n) is 3.35. The quantitative estimate of drug-likeness (QED) is 0.257. The second-order valence-electron chi connectivity index (χ2n) is 0.258. The maximum Gasteiger partial charge on any atom is 2.00 e. The first-order valence-electron chi connectivity index (χ1n) is 1.02. The Morgan fingerprint density at radius 3 is 1.00 bits per heavy atom. The number of nitriles is 2. The van der Waals surface area contributed by atoms with Gasteiger partial charge in [-0.2, -0.15) is 10.5 Å². The van der Waals surface area contributed by atoms with Crippen molar-refractivity contribution in [2.45, 2.75) is 0 Å². The SMILES string of the molecule is N#CN.N#CN.[Cu+2]. The second-order valence-corrected chi connectivity index (χ2v) is 0.258. The van der Waals surface area contributed by atoms with Gasteiger partial charge in [0.05, 0.1) is 0 Å². The molecule has 0 unspecified atom stereocenters. The summed E-state index contributed by atoms with van der Waals surface area (Å²) < 4.78 is 0. The van der Waals surface area contributed by atoms with Crippen LogP contribution in [-0.4, -0.2) is 0 Å². The minimum absolute atomic E-state index is 0. The summed E-state index contributed by atoms with van der Waals surface area (Å²) in [6.45, 7) is 0. The van der Waals surface area contributed by atoms with Crippen molar-refractivity contribution in [3.63, 3.8) is 0 Å². The molecule has 0 saturated carbocycles. The van der Waals surface area contributed by atoms with Crippen molar-refractivity contribution in [3.8, 4) is 12.4 Å². The van der Waals surface area contributed by atoms with Crippen LogP contribution in [0.5, 0.6) is 0 Å². The zero-order chi connectivity index (χ0) is 5.41. The van der Waals surface area contributed by atoms with Gasteiger partial charge in [-0.1, -0.05) is 0 Å². The molecule has 0 spiro atoms. The zero-order valence-corrected chi connectivity index (χ0v) is 4.29. The van der Waals surface area contributed by atoms with E-state index in [1.807, 2.05) is 0 Å². The van der Waals surface area contributed by atoms with Crippen LogP contribution in [0.15, 0.2) is 0 Å². The smallest absolute Gasteiger partial charge is 0.337 e. The molecule has 5 heteroatoms. The van der Waals surface area contributed by atoms with Gasteiger partial charge in [0.1, 0.15) is 0 Å². The molecular weight excluding hydrogens is 144 g/mol. The van der Waals surface area contributed by atoms with Crippen molar-refractivity contribution >= 4 is 0 Å². The van der Waals surface area contributed by atoms with Crippen molar-refractivity contribution in [3.05, 3.63) is 0 Å². The summed E-state index contributed by atoms with van der Waals surface area (Å²) >= 11 is 0. The first-order valence-corrected chi connectivity index (χ1v) is 1.02. The number of hydrogen-bond donors (Lipinski definition) is 2. The van der Waals surface area contributed by atoms with Crippen molar-refractivity contribution in [2.75, 3.05) is 0 Å². The van der Waals surface area contributed by atoms with Crippen LogP contribution in [0.3, 0.4) is 0 Å². The minimum atomic E-state index is 0. The van der Waals surface area contributed by atoms with E-state index in [0.717, 1.165) is 0 Å². The molecule has 0 aliphatic heterocycles. The fourth-order valence-electron chi connectivity index (χ4n) is 0. The molecule has 41 valence electrons. The van der Waals surface area contributed by atoms with E-state index in [0.29, 0.717) is 0 Å². The normalized spacial score (nSPS) is 2.00. The van der Waals surface area contributed by atoms with Gasteiger partial charge in [0.15, 0.2) is 12.4 Å². The van der Waals surface area contributed by atoms with Gasteiger partial charge < -0.3 is 11.5 Å². The first-order chi connectivity index (χ1) is 2.83. The summed E-state index contributed by atoms with van der Waals surface area (Å²) in [6.07, 6.45) is 2.50. The van der Waals surface area contributed by atoms with Crippen LogP contribution >= 0.6 is 0 Å². The maximum atomic E-state index is 7.10. The first kappa shape index (κ1) is 16.5. The number of nitrogens with two attached hydrogens (primary N) is 2. The van der Waals surface area contributed by atoms with E-state index in [4.69, 9.17) is 10.5 Å². The average molecular weight is 148 g/mol. The molecule has 0 aliphatic carbocycles. The molecule has 0 rings (SSSR count). The Bertz CT molecular complexity index is 64.7. The molecule has 0 saturated heterocycles. The van der Waals surface area contributed by atoms with Crippen LogP contribution in [0.2, 0.25) is 0 Å². The van der Waals surface area contributed by atoms with Gasteiger partial charge in [-0.15, -0.1) is 0 Å². The molecule has 7 heavy (non-hydrogen) atoms. The average Bonchev–Trinajstić information content (AvgIpc) is 1.39. The van der Waals surface area contributed by atoms with Crippen molar-refractivity contribution in [2.24, 2.45) is 11.5 Å². The summed E-state index contributed by atoms with van der Waals surface area (Å²) in [5.74, 6) is 0. The van der Waals surface area contributed by atoms with Gasteiger partial charge in [-0.25, -0.2) is 0 Å². The van der Waals surface area contributed by atoms with Gasteiger partial charge in [0.2, 0.25) is 0 Å². The molecule has 0 fully saturated rings. The Balaban J connectivity index is -0.0000000400. The van der Waals surface area contributed by atoms with Gasteiger partial charge in [-0.3, -0.25) is 0 Å². The third-order valence-electron chi connectivity index (χ3n) is 0. The van der Waals surface area contributed by atoms with Crippen LogP contribution in [0.4, 0.5) is 0 Å². The third kappa shape index (κ3) is 60.4. The Hall–Kier alpha value is -0.901. The number of rotatable bonds is 0. The summed E-state index contributed by atoms with van der Waals surface area (Å²) in [4.78, 5) is 0. The van der Waals surface area contributed by atoms with Crippen LogP contribution in [0, 0.1) is 22.9 Å². The maximum absolute atomic E-state index is 7.10. The summed E-state index contributed by atoms with van der Waals surface area (Å²) in [5.41, 5.74) is 8.31. The van der Waals surface area contributed by atoms with Crippen LogP contribution in [-0.2, 0) is 17.1 Å². The largest absolute Gasteiger partial charge is 2.00 e. The fourth-order valence-corrected chi connectivity index (χ4v) is 0. The summed E-state index contributed by atoms with van der Waals surface area (Å²) in [5, 5.41) is 14.2. The van der Waals surface area contributed by atoms with Crippen molar-refractivity contribution in [1.82, 2.24) is 0 Å². The molecule has 1 radical (unpaired) electrons. The topological polar surface area (TPSA) is 99.6 Å². The Labute approximate surface area is 52.2 Å². The molecule has 0 amide bonds. The second kappa shape index (κ2) is 70.9. The minimum Gasteiger partial charge on any atom is -0.337 e. The third-order valence-corrected chi connectivity index (χ3v) is 0. The molecule has 0 atom stereocenters. The molecule has 0 bridgehead atoms. The van der Waals surface area contributed by atoms with E-state index in [1.54, 1.807) is 0 Å². The van der Waals surface area contributed by atoms with Crippen molar-refractivity contribution in [1.29, 1.82) is 10.5 Å². The molecule has 4 N–H and O–H groups in total. The molecule has 0 aliphatic rings. The Morgan fingerprint density at radius 2 is 1.00 bits per heavy atom. The van der Waals surface area contributed by atoms with Gasteiger partial charge in [0.25, 0.3) is 0 Å². The molecule has 0 heterocycles. The van der Waals surface area contributed by atoms with Gasteiger partial charge >= 0.3 is 17.1 Å². The van der Waals surface area contributed by atoms with Gasteiger partial charge in [-0.05, 0) is 0 Å². The molecular formula is C2H4CuN4+2. The Morgan fingerprint density at radius 1 is 1.00 bits per heavy atom. The van der Waals surface area contributed by atoms with E-state index in [9.17, 15) is 0 Å². The van der Waals surface area contributed by atoms with Crippen LogP contribution in [0.25, 0.3) is 0 Å². The summed E-state index contributed by atoms with van der Waals surface area (Å²) in [6, 6.07) is 0.